The van der Waals surface area contributed by atoms with Gasteiger partial charge in [0.15, 0.2) is 0 Å². The van der Waals surface area contributed by atoms with E-state index < -0.39 is 28.7 Å². The van der Waals surface area contributed by atoms with Crippen molar-refractivity contribution in [2.75, 3.05) is 17.2 Å². The molecule has 7 atom stereocenters. The summed E-state index contributed by atoms with van der Waals surface area (Å²) in [6.07, 6.45) is 0.569. The molecule has 10 heteroatoms. The van der Waals surface area contributed by atoms with Gasteiger partial charge in [0.2, 0.25) is 17.7 Å². The van der Waals surface area contributed by atoms with Gasteiger partial charge in [-0.3, -0.25) is 14.4 Å². The van der Waals surface area contributed by atoms with Gasteiger partial charge in [0, 0.05) is 26.5 Å². The maximum atomic E-state index is 14.2. The Hall–Kier alpha value is -2.07. The van der Waals surface area contributed by atoms with Crippen LogP contribution in [0.15, 0.2) is 54.6 Å². The molecule has 3 unspecified atom stereocenters. The van der Waals surface area contributed by atoms with E-state index in [1.54, 1.807) is 40.9 Å². The number of benzene rings is 2. The van der Waals surface area contributed by atoms with Crippen LogP contribution in [-0.2, 0) is 14.4 Å². The number of hydrogen-bond acceptors (Lipinski definition) is 5. The zero-order valence-electron chi connectivity index (χ0n) is 20.4. The third kappa shape index (κ3) is 4.47. The number of alkyl halides is 1. The first-order valence-corrected chi connectivity index (χ1v) is 14.5. The standard InChI is InChI=1S/C27H29BrClN3O4S/c1-14(2)19(13-33)32-23(25(35)31-17-10-8-15(29)9-11-17)27-12-18(28)22(37-27)20(21(27)26(32)36)24(34)30-16-6-4-3-5-7-16/h3-11,14,18-23,33H,12-13H2,1-2H3,(H,30,34)(H,31,35)/t18?,19-,20-,21-,22-,23?,27?/m0/s1. The number of aliphatic hydroxyl groups excluding tert-OH is 1. The predicted molar refractivity (Wildman–Crippen MR) is 150 cm³/mol. The molecule has 3 aliphatic rings. The highest BCUT2D eigenvalue weighted by Gasteiger charge is 2.76. The Kier molecular flexibility index (Phi) is 7.35. The van der Waals surface area contributed by atoms with E-state index in [0.717, 1.165) is 0 Å². The van der Waals surface area contributed by atoms with Gasteiger partial charge in [0.1, 0.15) is 6.04 Å². The van der Waals surface area contributed by atoms with Crippen LogP contribution in [0.5, 0.6) is 0 Å². The summed E-state index contributed by atoms with van der Waals surface area (Å²) < 4.78 is -0.798. The van der Waals surface area contributed by atoms with Crippen molar-refractivity contribution in [1.29, 1.82) is 0 Å². The van der Waals surface area contributed by atoms with Crippen LogP contribution in [-0.4, -0.2) is 61.2 Å². The van der Waals surface area contributed by atoms with Crippen molar-refractivity contribution >= 4 is 68.4 Å². The molecule has 7 nitrogen and oxygen atoms in total. The van der Waals surface area contributed by atoms with Gasteiger partial charge >= 0.3 is 0 Å². The topological polar surface area (TPSA) is 98.7 Å². The summed E-state index contributed by atoms with van der Waals surface area (Å²) in [7, 11) is 0. The first-order chi connectivity index (χ1) is 17.7. The molecule has 0 aromatic heterocycles. The molecule has 2 aromatic rings. The molecule has 0 radical (unpaired) electrons. The second-order valence-electron chi connectivity index (χ2n) is 10.3. The number of carbonyl (C=O) groups is 3. The molecule has 0 saturated carbocycles. The number of rotatable bonds is 7. The minimum absolute atomic E-state index is 0.0366. The lowest BCUT2D eigenvalue weighted by atomic mass is 9.70. The van der Waals surface area contributed by atoms with E-state index in [1.165, 1.54) is 0 Å². The molecule has 0 aliphatic carbocycles. The van der Waals surface area contributed by atoms with E-state index in [-0.39, 0.29) is 40.3 Å². The number of nitrogens with one attached hydrogen (secondary N) is 2. The fraction of sp³-hybridized carbons (Fsp3) is 0.444. The molecule has 37 heavy (non-hydrogen) atoms. The third-order valence-electron chi connectivity index (χ3n) is 7.75. The Balaban J connectivity index is 1.54. The molecule has 196 valence electrons. The molecule has 3 N–H and O–H groups in total. The predicted octanol–water partition coefficient (Wildman–Crippen LogP) is 4.40. The molecule has 3 aliphatic heterocycles. The van der Waals surface area contributed by atoms with E-state index in [9.17, 15) is 19.5 Å². The molecule has 1 spiro atoms. The SMILES string of the molecule is CC(C)[C@H](CO)N1C(=O)[C@@H]2[C@H](C(=O)Nc3ccccc3)[C@H]3SC2(CC3Br)C1C(=O)Nc1ccc(Cl)cc1. The zero-order chi connectivity index (χ0) is 26.5. The lowest BCUT2D eigenvalue weighted by molar-refractivity contribution is -0.142. The normalized spacial score (nSPS) is 30.9. The minimum atomic E-state index is -0.843. The van der Waals surface area contributed by atoms with E-state index >= 15 is 0 Å². The highest BCUT2D eigenvalue weighted by atomic mass is 79.9. The number of likely N-dealkylation sites (tertiary alicyclic amines) is 1. The van der Waals surface area contributed by atoms with Crippen LogP contribution in [0.1, 0.15) is 20.3 Å². The third-order valence-corrected chi connectivity index (χ3v) is 11.2. The highest BCUT2D eigenvalue weighted by Crippen LogP contribution is 2.68. The van der Waals surface area contributed by atoms with Crippen molar-refractivity contribution < 1.29 is 19.5 Å². The summed E-state index contributed by atoms with van der Waals surface area (Å²) in [6, 6.07) is 14.6. The van der Waals surface area contributed by atoms with Crippen molar-refractivity contribution in [2.45, 2.75) is 47.2 Å². The summed E-state index contributed by atoms with van der Waals surface area (Å²) in [4.78, 5) is 43.3. The number of anilines is 2. The van der Waals surface area contributed by atoms with Gasteiger partial charge in [0.25, 0.3) is 0 Å². The van der Waals surface area contributed by atoms with E-state index in [0.29, 0.717) is 22.8 Å². The molecule has 2 bridgehead atoms. The van der Waals surface area contributed by atoms with Crippen LogP contribution >= 0.6 is 39.3 Å². The molecule has 3 amide bonds. The van der Waals surface area contributed by atoms with Gasteiger partial charge in [0.05, 0.1) is 29.2 Å². The van der Waals surface area contributed by atoms with Gasteiger partial charge in [-0.05, 0) is 48.7 Å². The van der Waals surface area contributed by atoms with Crippen molar-refractivity contribution in [3.8, 4) is 0 Å². The summed E-state index contributed by atoms with van der Waals surface area (Å²) in [6.45, 7) is 3.57. The quantitative estimate of drug-likeness (QED) is 0.406. The van der Waals surface area contributed by atoms with Gasteiger partial charge in [-0.25, -0.2) is 0 Å². The van der Waals surface area contributed by atoms with Gasteiger partial charge in [-0.1, -0.05) is 59.6 Å². The average molecular weight is 607 g/mol. The number of hydrogen-bond donors (Lipinski definition) is 3. The summed E-state index contributed by atoms with van der Waals surface area (Å²) >= 11 is 11.4. The van der Waals surface area contributed by atoms with Crippen LogP contribution in [0.25, 0.3) is 0 Å². The van der Waals surface area contributed by atoms with Crippen molar-refractivity contribution in [3.05, 3.63) is 59.6 Å². The minimum Gasteiger partial charge on any atom is -0.394 e. The Morgan fingerprint density at radius 2 is 1.73 bits per heavy atom. The van der Waals surface area contributed by atoms with Crippen molar-refractivity contribution in [2.24, 2.45) is 17.8 Å². The number of halogens is 2. The number of nitrogens with zero attached hydrogens (tertiary/aromatic N) is 1. The van der Waals surface area contributed by atoms with Crippen LogP contribution in [0.2, 0.25) is 5.02 Å². The fourth-order valence-electron chi connectivity index (χ4n) is 6.14. The van der Waals surface area contributed by atoms with Crippen LogP contribution in [0.3, 0.4) is 0 Å². The van der Waals surface area contributed by atoms with Gasteiger partial charge < -0.3 is 20.6 Å². The maximum Gasteiger partial charge on any atom is 0.248 e. The fourth-order valence-corrected chi connectivity index (χ4v) is 9.86. The van der Waals surface area contributed by atoms with E-state index in [4.69, 9.17) is 11.6 Å². The zero-order valence-corrected chi connectivity index (χ0v) is 23.6. The van der Waals surface area contributed by atoms with Crippen LogP contribution < -0.4 is 10.6 Å². The first kappa shape index (κ1) is 26.5. The van der Waals surface area contributed by atoms with Gasteiger partial charge in [-0.2, -0.15) is 0 Å². The Morgan fingerprint density at radius 3 is 2.35 bits per heavy atom. The number of carbonyl (C=O) groups excluding carboxylic acids is 3. The maximum absolute atomic E-state index is 14.2. The Labute approximate surface area is 233 Å². The monoisotopic (exact) mass is 605 g/mol. The Bertz CT molecular complexity index is 1200. The van der Waals surface area contributed by atoms with Gasteiger partial charge in [-0.15, -0.1) is 11.8 Å². The smallest absolute Gasteiger partial charge is 0.248 e. The lowest BCUT2D eigenvalue weighted by Crippen LogP contribution is -2.56. The molecule has 3 fully saturated rings. The van der Waals surface area contributed by atoms with Crippen LogP contribution in [0.4, 0.5) is 11.4 Å². The average Bonchev–Trinajstić information content (AvgIpc) is 3.45. The summed E-state index contributed by atoms with van der Waals surface area (Å²) in [5, 5.41) is 16.7. The van der Waals surface area contributed by atoms with Crippen LogP contribution in [0, 0.1) is 17.8 Å². The molecule has 5 rings (SSSR count). The number of thioether (sulfide) groups is 1. The van der Waals surface area contributed by atoms with Crippen molar-refractivity contribution in [3.63, 3.8) is 0 Å². The Morgan fingerprint density at radius 1 is 1.11 bits per heavy atom. The number of fused-ring (bicyclic) bond motifs is 1. The number of para-hydroxylation sites is 1. The molecular formula is C27H29BrClN3O4S. The second kappa shape index (κ2) is 10.2. The van der Waals surface area contributed by atoms with E-state index in [2.05, 4.69) is 26.6 Å². The second-order valence-corrected chi connectivity index (χ2v) is 13.4. The lowest BCUT2D eigenvalue weighted by Gasteiger charge is -2.38. The largest absolute Gasteiger partial charge is 0.394 e. The first-order valence-electron chi connectivity index (χ1n) is 12.3. The summed E-state index contributed by atoms with van der Waals surface area (Å²) in [5.41, 5.74) is 1.23. The number of aliphatic hydroxyl groups is 1. The number of amides is 3. The summed E-state index contributed by atoms with van der Waals surface area (Å²) in [5.74, 6) is -2.17. The van der Waals surface area contributed by atoms with Crippen molar-refractivity contribution in [1.82, 2.24) is 4.90 Å². The molecule has 3 heterocycles. The molecule has 2 aromatic carbocycles. The molecule has 3 saturated heterocycles. The van der Waals surface area contributed by atoms with E-state index in [1.807, 2.05) is 44.2 Å². The highest BCUT2D eigenvalue weighted by molar-refractivity contribution is 9.09. The molecular weight excluding hydrogens is 578 g/mol.